The highest BCUT2D eigenvalue weighted by Gasteiger charge is 2.31. The molecule has 3 aliphatic rings. The molecular weight excluding hydrogens is 484 g/mol. The summed E-state index contributed by atoms with van der Waals surface area (Å²) in [5.41, 5.74) is 4.55. The summed E-state index contributed by atoms with van der Waals surface area (Å²) in [6, 6.07) is 10.1. The van der Waals surface area contributed by atoms with Crippen LogP contribution in [0.1, 0.15) is 141 Å². The van der Waals surface area contributed by atoms with E-state index in [2.05, 4.69) is 12.1 Å². The van der Waals surface area contributed by atoms with Crippen molar-refractivity contribution in [1.29, 1.82) is 0 Å². The van der Waals surface area contributed by atoms with E-state index in [-0.39, 0.29) is 16.6 Å². The molecule has 0 bridgehead atoms. The summed E-state index contributed by atoms with van der Waals surface area (Å²) in [6.07, 6.45) is 18.1. The molecule has 0 unspecified atom stereocenters. The average Bonchev–Trinajstić information content (AvgIpc) is 2.93. The number of hydrogen-bond donors (Lipinski definition) is 1. The summed E-state index contributed by atoms with van der Waals surface area (Å²) in [4.78, 5) is 13.7. The molecule has 0 amide bonds. The number of carbonyl (C=O) groups excluding carboxylic acids is 1. The summed E-state index contributed by atoms with van der Waals surface area (Å²) < 4.78 is 38.1. The van der Waals surface area contributed by atoms with Gasteiger partial charge in [0.1, 0.15) is 5.75 Å². The molecule has 0 atom stereocenters. The van der Waals surface area contributed by atoms with E-state index in [1.165, 1.54) is 112 Å². The molecule has 0 aromatic heterocycles. The van der Waals surface area contributed by atoms with Gasteiger partial charge in [-0.25, -0.2) is 4.79 Å². The average molecular weight is 525 g/mol. The summed E-state index contributed by atoms with van der Waals surface area (Å²) in [6.45, 7) is 0. The molecule has 0 heterocycles. The Balaban J connectivity index is 1.56. The Morgan fingerprint density at radius 3 is 1.54 bits per heavy atom. The van der Waals surface area contributed by atoms with Crippen LogP contribution in [0.25, 0.3) is 0 Å². The zero-order valence-electron chi connectivity index (χ0n) is 21.8. The van der Waals surface area contributed by atoms with Gasteiger partial charge in [-0.2, -0.15) is 8.42 Å². The Labute approximate surface area is 221 Å². The van der Waals surface area contributed by atoms with Crippen LogP contribution in [0.3, 0.4) is 0 Å². The number of hydrogen-bond acceptors (Lipinski definition) is 4. The van der Waals surface area contributed by atoms with Crippen molar-refractivity contribution in [1.82, 2.24) is 0 Å². The second-order valence-electron chi connectivity index (χ2n) is 11.4. The Morgan fingerprint density at radius 1 is 0.676 bits per heavy atom. The molecule has 0 spiro atoms. The van der Waals surface area contributed by atoms with Crippen LogP contribution >= 0.6 is 0 Å². The van der Waals surface area contributed by atoms with Crippen molar-refractivity contribution in [3.8, 4) is 5.75 Å². The van der Waals surface area contributed by atoms with Gasteiger partial charge in [-0.1, -0.05) is 69.9 Å². The normalized spacial score (nSPS) is 20.6. The minimum absolute atomic E-state index is 0.213. The largest absolute Gasteiger partial charge is 0.423 e. The summed E-state index contributed by atoms with van der Waals surface area (Å²) in [5, 5.41) is 0. The molecular formula is C31H40O5S. The van der Waals surface area contributed by atoms with Crippen molar-refractivity contribution in [2.24, 2.45) is 0 Å². The molecule has 3 aliphatic carbocycles. The quantitative estimate of drug-likeness (QED) is 0.233. The summed E-state index contributed by atoms with van der Waals surface area (Å²) in [7, 11) is -4.30. The van der Waals surface area contributed by atoms with Gasteiger partial charge in [0.2, 0.25) is 0 Å². The fourth-order valence-corrected chi connectivity index (χ4v) is 7.41. The van der Waals surface area contributed by atoms with Gasteiger partial charge in [0.25, 0.3) is 10.1 Å². The van der Waals surface area contributed by atoms with E-state index in [1.807, 2.05) is 0 Å². The van der Waals surface area contributed by atoms with Crippen molar-refractivity contribution in [3.05, 3.63) is 58.7 Å². The van der Waals surface area contributed by atoms with Crippen LogP contribution in [-0.4, -0.2) is 18.9 Å². The first kappa shape index (κ1) is 26.4. The first-order chi connectivity index (χ1) is 17.9. The van der Waals surface area contributed by atoms with Gasteiger partial charge >= 0.3 is 5.97 Å². The zero-order valence-corrected chi connectivity index (χ0v) is 22.6. The van der Waals surface area contributed by atoms with Crippen LogP contribution in [0.4, 0.5) is 0 Å². The second-order valence-corrected chi connectivity index (χ2v) is 12.8. The smallest absolute Gasteiger partial charge is 0.344 e. The lowest BCUT2D eigenvalue weighted by molar-refractivity contribution is 0.0730. The van der Waals surface area contributed by atoms with E-state index >= 15 is 0 Å². The van der Waals surface area contributed by atoms with Gasteiger partial charge in [0.05, 0.1) is 10.5 Å². The molecule has 37 heavy (non-hydrogen) atoms. The highest BCUT2D eigenvalue weighted by Crippen LogP contribution is 2.44. The zero-order chi connectivity index (χ0) is 25.8. The van der Waals surface area contributed by atoms with E-state index < -0.39 is 10.1 Å². The van der Waals surface area contributed by atoms with E-state index in [0.717, 1.165) is 31.2 Å². The molecule has 0 radical (unpaired) electrons. The molecule has 6 heteroatoms. The molecule has 0 saturated heterocycles. The lowest BCUT2D eigenvalue weighted by atomic mass is 9.73. The Morgan fingerprint density at radius 2 is 1.11 bits per heavy atom. The van der Waals surface area contributed by atoms with Crippen molar-refractivity contribution < 1.29 is 22.5 Å². The van der Waals surface area contributed by atoms with Crippen molar-refractivity contribution in [2.75, 3.05) is 0 Å². The molecule has 3 saturated carbocycles. The van der Waals surface area contributed by atoms with Gasteiger partial charge < -0.3 is 4.74 Å². The molecule has 3 fully saturated rings. The van der Waals surface area contributed by atoms with Crippen LogP contribution in [0.5, 0.6) is 5.75 Å². The van der Waals surface area contributed by atoms with Crippen LogP contribution in [-0.2, 0) is 10.1 Å². The van der Waals surface area contributed by atoms with Gasteiger partial charge in [-0.15, -0.1) is 0 Å². The fourth-order valence-electron chi connectivity index (χ4n) is 6.93. The van der Waals surface area contributed by atoms with E-state index in [4.69, 9.17) is 4.74 Å². The Kier molecular flexibility index (Phi) is 8.35. The van der Waals surface area contributed by atoms with Crippen molar-refractivity contribution in [3.63, 3.8) is 0 Å². The van der Waals surface area contributed by atoms with Crippen LogP contribution in [0, 0.1) is 0 Å². The third-order valence-electron chi connectivity index (χ3n) is 8.92. The van der Waals surface area contributed by atoms with Crippen LogP contribution in [0.15, 0.2) is 41.3 Å². The molecule has 2 aromatic rings. The second kappa shape index (κ2) is 11.7. The molecule has 5 rings (SSSR count). The van der Waals surface area contributed by atoms with E-state index in [9.17, 15) is 17.8 Å². The number of benzene rings is 2. The standard InChI is InChI=1S/C31H40O5S/c32-31(36-26-16-18-27(19-17-26)37(33,34)35)30-28(23-12-6-2-7-13-23)20-25(22-10-4-1-5-11-22)21-29(30)24-14-8-3-9-15-24/h16-24H,1-15H2,(H,33,34,35). The van der Waals surface area contributed by atoms with Crippen LogP contribution in [0.2, 0.25) is 0 Å². The third-order valence-corrected chi connectivity index (χ3v) is 9.79. The minimum Gasteiger partial charge on any atom is -0.423 e. The lowest BCUT2D eigenvalue weighted by Crippen LogP contribution is -2.21. The first-order valence-electron chi connectivity index (χ1n) is 14.4. The number of rotatable bonds is 6. The SMILES string of the molecule is O=C(Oc1ccc(S(=O)(=O)O)cc1)c1c(C2CCCCC2)cc(C2CCCCC2)cc1C1CCCCC1. The molecule has 1 N–H and O–H groups in total. The molecule has 5 nitrogen and oxygen atoms in total. The van der Waals surface area contributed by atoms with Crippen molar-refractivity contribution in [2.45, 2.75) is 119 Å². The number of carbonyl (C=O) groups is 1. The predicted octanol–water partition coefficient (Wildman–Crippen LogP) is 8.30. The highest BCUT2D eigenvalue weighted by molar-refractivity contribution is 7.85. The highest BCUT2D eigenvalue weighted by atomic mass is 32.2. The Bertz CT molecular complexity index is 1140. The minimum atomic E-state index is -4.30. The van der Waals surface area contributed by atoms with Gasteiger partial charge in [-0.3, -0.25) is 4.55 Å². The van der Waals surface area contributed by atoms with E-state index in [0.29, 0.717) is 17.8 Å². The molecule has 200 valence electrons. The van der Waals surface area contributed by atoms with Gasteiger partial charge in [0, 0.05) is 0 Å². The topological polar surface area (TPSA) is 80.7 Å². The summed E-state index contributed by atoms with van der Waals surface area (Å²) >= 11 is 0. The maximum absolute atomic E-state index is 13.9. The number of ether oxygens (including phenoxy) is 1. The number of esters is 1. The maximum atomic E-state index is 13.9. The first-order valence-corrected chi connectivity index (χ1v) is 15.8. The predicted molar refractivity (Wildman–Crippen MR) is 145 cm³/mol. The molecule has 2 aromatic carbocycles. The van der Waals surface area contributed by atoms with Crippen LogP contribution < -0.4 is 4.74 Å². The third kappa shape index (κ3) is 6.28. The summed E-state index contributed by atoms with van der Waals surface area (Å²) in [5.74, 6) is 1.29. The van der Waals surface area contributed by atoms with Gasteiger partial charge in [-0.05, 0) is 97.2 Å². The molecule has 0 aliphatic heterocycles. The maximum Gasteiger partial charge on any atom is 0.344 e. The fraction of sp³-hybridized carbons (Fsp3) is 0.581. The monoisotopic (exact) mass is 524 g/mol. The van der Waals surface area contributed by atoms with E-state index in [1.54, 1.807) is 0 Å². The van der Waals surface area contributed by atoms with Gasteiger partial charge in [0.15, 0.2) is 0 Å². The lowest BCUT2D eigenvalue weighted by Gasteiger charge is -2.32. The Hall–Kier alpha value is -2.18. The van der Waals surface area contributed by atoms with Crippen molar-refractivity contribution >= 4 is 16.1 Å².